The van der Waals surface area contributed by atoms with E-state index in [1.54, 1.807) is 26.6 Å². The summed E-state index contributed by atoms with van der Waals surface area (Å²) in [5.74, 6) is 3.03. The molecule has 3 amide bonds. The van der Waals surface area contributed by atoms with E-state index in [-0.39, 0.29) is 37.6 Å². The Morgan fingerprint density at radius 3 is 2.85 bits per heavy atom. The Kier molecular flexibility index (Phi) is 6.63. The number of carbonyl (C=O) groups excluding carboxylic acids is 3. The molecule has 1 unspecified atom stereocenters. The number of hydrazine groups is 1. The van der Waals surface area contributed by atoms with Crippen molar-refractivity contribution in [1.82, 2.24) is 19.8 Å². The molecule has 0 N–H and O–H groups in total. The number of rotatable bonds is 7. The summed E-state index contributed by atoms with van der Waals surface area (Å²) < 4.78 is 5.69. The number of piperazine rings is 1. The minimum Gasteiger partial charge on any atom is -0.376 e. The van der Waals surface area contributed by atoms with Gasteiger partial charge in [0.05, 0.1) is 25.7 Å². The molecule has 3 aliphatic rings. The molecular weight excluding hydrogens is 368 g/mol. The van der Waals surface area contributed by atoms with E-state index in [4.69, 9.17) is 11.2 Å². The van der Waals surface area contributed by atoms with Crippen LogP contribution >= 0.6 is 11.8 Å². The third-order valence-corrected chi connectivity index (χ3v) is 5.94. The number of hydrogen-bond acceptors (Lipinski definition) is 6. The van der Waals surface area contributed by atoms with Crippen LogP contribution in [0.1, 0.15) is 19.3 Å². The molecule has 0 spiro atoms. The Morgan fingerprint density at radius 2 is 2.22 bits per heavy atom. The first-order chi connectivity index (χ1) is 13.1. The van der Waals surface area contributed by atoms with Gasteiger partial charge in [-0.25, -0.2) is 0 Å². The molecule has 0 saturated carbocycles. The lowest BCUT2D eigenvalue weighted by Gasteiger charge is -2.54. The van der Waals surface area contributed by atoms with E-state index in [0.29, 0.717) is 26.0 Å². The molecule has 0 radical (unpaired) electrons. The zero-order valence-corrected chi connectivity index (χ0v) is 16.4. The Bertz CT molecular complexity index is 619. The van der Waals surface area contributed by atoms with Gasteiger partial charge in [-0.3, -0.25) is 19.4 Å². The normalized spacial score (nSPS) is 29.0. The van der Waals surface area contributed by atoms with Crippen LogP contribution in [0.3, 0.4) is 0 Å². The highest BCUT2D eigenvalue weighted by molar-refractivity contribution is 7.98. The number of terminal acetylenes is 1. The number of fused-ring (bicyclic) bond motifs is 1. The number of thioether (sulfide) groups is 1. The van der Waals surface area contributed by atoms with E-state index >= 15 is 0 Å². The zero-order valence-electron chi connectivity index (χ0n) is 15.6. The maximum atomic E-state index is 13.1. The van der Waals surface area contributed by atoms with Gasteiger partial charge in [0.1, 0.15) is 12.2 Å². The van der Waals surface area contributed by atoms with Gasteiger partial charge in [0.25, 0.3) is 0 Å². The van der Waals surface area contributed by atoms with Crippen LogP contribution in [0.5, 0.6) is 0 Å². The molecule has 9 heteroatoms. The molecule has 0 bridgehead atoms. The maximum absolute atomic E-state index is 13.1. The van der Waals surface area contributed by atoms with Gasteiger partial charge >= 0.3 is 0 Å². The van der Waals surface area contributed by atoms with Gasteiger partial charge in [-0.1, -0.05) is 5.92 Å². The monoisotopic (exact) mass is 394 g/mol. The van der Waals surface area contributed by atoms with Gasteiger partial charge in [0.2, 0.25) is 18.2 Å². The second-order valence-corrected chi connectivity index (χ2v) is 7.95. The third kappa shape index (κ3) is 4.08. The SMILES string of the molecule is C#CCN1CC(=O)N2[C@@H](CCSC)C(=O)N(CC3CCCO3)C[C@@H]2N1C=O. The van der Waals surface area contributed by atoms with E-state index in [0.717, 1.165) is 18.6 Å². The number of hydrogen-bond donors (Lipinski definition) is 0. The van der Waals surface area contributed by atoms with Crippen LogP contribution in [0.15, 0.2) is 0 Å². The van der Waals surface area contributed by atoms with Crippen molar-refractivity contribution < 1.29 is 19.1 Å². The van der Waals surface area contributed by atoms with E-state index in [9.17, 15) is 14.4 Å². The number of ether oxygens (including phenoxy) is 1. The van der Waals surface area contributed by atoms with Crippen LogP contribution in [0.25, 0.3) is 0 Å². The van der Waals surface area contributed by atoms with Gasteiger partial charge in [-0.2, -0.15) is 16.8 Å². The second-order valence-electron chi connectivity index (χ2n) is 6.97. The topological polar surface area (TPSA) is 73.4 Å². The van der Waals surface area contributed by atoms with Crippen molar-refractivity contribution in [2.24, 2.45) is 0 Å². The zero-order chi connectivity index (χ0) is 19.4. The van der Waals surface area contributed by atoms with E-state index in [1.807, 2.05) is 6.26 Å². The number of carbonyl (C=O) groups is 3. The molecule has 3 fully saturated rings. The predicted octanol–water partition coefficient (Wildman–Crippen LogP) is -0.394. The number of nitrogens with zero attached hydrogens (tertiary/aromatic N) is 4. The summed E-state index contributed by atoms with van der Waals surface area (Å²) >= 11 is 1.63. The van der Waals surface area contributed by atoms with Crippen LogP contribution in [0.4, 0.5) is 0 Å². The quantitative estimate of drug-likeness (QED) is 0.432. The predicted molar refractivity (Wildman–Crippen MR) is 101 cm³/mol. The van der Waals surface area contributed by atoms with Crippen LogP contribution in [0, 0.1) is 12.3 Å². The largest absolute Gasteiger partial charge is 0.376 e. The fourth-order valence-corrected chi connectivity index (χ4v) is 4.50. The molecule has 3 saturated heterocycles. The lowest BCUT2D eigenvalue weighted by Crippen LogP contribution is -2.75. The van der Waals surface area contributed by atoms with Crippen LogP contribution in [-0.2, 0) is 19.1 Å². The molecule has 148 valence electrons. The molecule has 8 nitrogen and oxygen atoms in total. The second kappa shape index (κ2) is 8.95. The summed E-state index contributed by atoms with van der Waals surface area (Å²) in [7, 11) is 0. The molecule has 0 aromatic rings. The highest BCUT2D eigenvalue weighted by atomic mass is 32.2. The first-order valence-corrected chi connectivity index (χ1v) is 10.6. The lowest BCUT2D eigenvalue weighted by atomic mass is 10.0. The third-order valence-electron chi connectivity index (χ3n) is 5.30. The molecule has 27 heavy (non-hydrogen) atoms. The van der Waals surface area contributed by atoms with Crippen molar-refractivity contribution >= 4 is 30.0 Å². The van der Waals surface area contributed by atoms with Gasteiger partial charge in [-0.05, 0) is 31.3 Å². The van der Waals surface area contributed by atoms with Crippen molar-refractivity contribution in [1.29, 1.82) is 0 Å². The Balaban J connectivity index is 1.86. The fraction of sp³-hybridized carbons (Fsp3) is 0.722. The first kappa shape index (κ1) is 20.0. The van der Waals surface area contributed by atoms with E-state index in [1.165, 1.54) is 5.01 Å². The summed E-state index contributed by atoms with van der Waals surface area (Å²) in [6, 6.07) is -0.555. The summed E-state index contributed by atoms with van der Waals surface area (Å²) in [5, 5.41) is 3.05. The van der Waals surface area contributed by atoms with E-state index in [2.05, 4.69) is 5.92 Å². The molecule has 3 atom stereocenters. The van der Waals surface area contributed by atoms with Crippen molar-refractivity contribution in [3.8, 4) is 12.3 Å². The van der Waals surface area contributed by atoms with Crippen LogP contribution < -0.4 is 0 Å². The molecular formula is C18H26N4O4S. The van der Waals surface area contributed by atoms with Crippen molar-refractivity contribution in [2.45, 2.75) is 37.6 Å². The highest BCUT2D eigenvalue weighted by Crippen LogP contribution is 2.28. The van der Waals surface area contributed by atoms with Crippen LogP contribution in [-0.4, -0.2) is 101 Å². The van der Waals surface area contributed by atoms with Gasteiger partial charge in [0.15, 0.2) is 0 Å². The minimum atomic E-state index is -0.555. The average Bonchev–Trinajstić information content (AvgIpc) is 3.16. The lowest BCUT2D eigenvalue weighted by molar-refractivity contribution is -0.199. The Hall–Kier alpha value is -1.76. The van der Waals surface area contributed by atoms with Gasteiger partial charge in [0, 0.05) is 13.2 Å². The summed E-state index contributed by atoms with van der Waals surface area (Å²) in [6.07, 6.45) is 10.0. The van der Waals surface area contributed by atoms with Crippen molar-refractivity contribution in [3.63, 3.8) is 0 Å². The molecule has 0 aromatic heterocycles. The average molecular weight is 394 g/mol. The fourth-order valence-electron chi connectivity index (χ4n) is 4.04. The first-order valence-electron chi connectivity index (χ1n) is 9.23. The van der Waals surface area contributed by atoms with Crippen molar-refractivity contribution in [2.75, 3.05) is 44.8 Å². The molecule has 3 rings (SSSR count). The molecule has 0 aliphatic carbocycles. The van der Waals surface area contributed by atoms with Gasteiger partial charge < -0.3 is 14.5 Å². The molecule has 0 aromatic carbocycles. The molecule has 3 aliphatic heterocycles. The smallest absolute Gasteiger partial charge is 0.245 e. The highest BCUT2D eigenvalue weighted by Gasteiger charge is 2.49. The Labute approximate surface area is 164 Å². The number of amides is 3. The van der Waals surface area contributed by atoms with E-state index < -0.39 is 12.2 Å². The Morgan fingerprint density at radius 1 is 1.41 bits per heavy atom. The summed E-state index contributed by atoms with van der Waals surface area (Å²) in [6.45, 7) is 1.67. The maximum Gasteiger partial charge on any atom is 0.245 e. The minimum absolute atomic E-state index is 0.00816. The van der Waals surface area contributed by atoms with Gasteiger partial charge in [-0.15, -0.1) is 6.42 Å². The standard InChI is InChI=1S/C18H26N4O4S/c1-3-7-20-12-17(24)22-15(6-9-27-2)18(25)19(10-14-5-4-8-26-14)11-16(22)21(20)13-23/h1,13-16H,4-12H2,2H3/t14?,15-,16+/m0/s1. The van der Waals surface area contributed by atoms with Crippen LogP contribution in [0.2, 0.25) is 0 Å². The van der Waals surface area contributed by atoms with Crippen molar-refractivity contribution in [3.05, 3.63) is 0 Å². The molecule has 3 heterocycles. The summed E-state index contributed by atoms with van der Waals surface area (Å²) in [5.41, 5.74) is 0. The summed E-state index contributed by atoms with van der Waals surface area (Å²) in [4.78, 5) is 41.1.